The second kappa shape index (κ2) is 4.79. The monoisotopic (exact) mass is 221 g/mol. The molecule has 0 bridgehead atoms. The fraction of sp³-hybridized carbons (Fsp3) is 0.333. The number of hydrogen-bond acceptors (Lipinski definition) is 2. The molecule has 2 N–H and O–H groups in total. The van der Waals surface area contributed by atoms with Crippen molar-refractivity contribution in [2.75, 3.05) is 0 Å². The summed E-state index contributed by atoms with van der Waals surface area (Å²) >= 11 is 0. The second-order valence-corrected chi connectivity index (χ2v) is 3.78. The zero-order valence-corrected chi connectivity index (χ0v) is 9.63. The third kappa shape index (κ3) is 2.59. The largest absolute Gasteiger partial charge is 0.474 e. The second-order valence-electron chi connectivity index (χ2n) is 3.78. The van der Waals surface area contributed by atoms with Crippen molar-refractivity contribution in [2.45, 2.75) is 27.3 Å². The van der Waals surface area contributed by atoms with Crippen molar-refractivity contribution in [3.8, 4) is 0 Å². The Kier molecular flexibility index (Phi) is 3.66. The molecule has 0 aliphatic rings. The molecule has 0 aromatic heterocycles. The Morgan fingerprint density at radius 3 is 2.38 bits per heavy atom. The summed E-state index contributed by atoms with van der Waals surface area (Å²) in [4.78, 5) is 21.2. The molecule has 0 heterocycles. The number of carbonyl (C=O) groups is 2. The van der Waals surface area contributed by atoms with E-state index >= 15 is 0 Å². The Bertz CT molecular complexity index is 438. The van der Waals surface area contributed by atoms with Gasteiger partial charge in [-0.3, -0.25) is 4.79 Å². The molecule has 0 saturated carbocycles. The van der Waals surface area contributed by atoms with Crippen LogP contribution in [0.4, 0.5) is 0 Å². The van der Waals surface area contributed by atoms with Crippen LogP contribution in [0.2, 0.25) is 0 Å². The molecule has 86 valence electrons. The van der Waals surface area contributed by atoms with Gasteiger partial charge in [0, 0.05) is 6.54 Å². The highest BCUT2D eigenvalue weighted by atomic mass is 16.4. The molecule has 16 heavy (non-hydrogen) atoms. The van der Waals surface area contributed by atoms with E-state index in [1.807, 2.05) is 32.9 Å². The Hall–Kier alpha value is -1.84. The van der Waals surface area contributed by atoms with Gasteiger partial charge in [0.2, 0.25) is 0 Å². The number of nitrogens with one attached hydrogen (secondary N) is 1. The number of aliphatic carboxylic acids is 1. The molecule has 0 radical (unpaired) electrons. The van der Waals surface area contributed by atoms with Gasteiger partial charge >= 0.3 is 11.9 Å². The quantitative estimate of drug-likeness (QED) is 0.740. The third-order valence-electron chi connectivity index (χ3n) is 2.80. The highest BCUT2D eigenvalue weighted by molar-refractivity contribution is 6.31. The number of rotatable bonds is 2. The van der Waals surface area contributed by atoms with Crippen LogP contribution < -0.4 is 5.32 Å². The van der Waals surface area contributed by atoms with Crippen LogP contribution in [0.3, 0.4) is 0 Å². The Morgan fingerprint density at radius 1 is 1.19 bits per heavy atom. The van der Waals surface area contributed by atoms with E-state index < -0.39 is 11.9 Å². The first kappa shape index (κ1) is 12.2. The zero-order valence-electron chi connectivity index (χ0n) is 9.63. The molecule has 0 fully saturated rings. The number of carboxylic acid groups (broad SMARTS) is 1. The van der Waals surface area contributed by atoms with Gasteiger partial charge in [0.15, 0.2) is 0 Å². The Balaban J connectivity index is 2.79. The average molecular weight is 221 g/mol. The summed E-state index contributed by atoms with van der Waals surface area (Å²) in [7, 11) is 0. The maximum Gasteiger partial charge on any atom is 0.394 e. The molecule has 0 aliphatic carbocycles. The van der Waals surface area contributed by atoms with Crippen LogP contribution in [0.25, 0.3) is 0 Å². The smallest absolute Gasteiger partial charge is 0.394 e. The van der Waals surface area contributed by atoms with E-state index in [2.05, 4.69) is 5.32 Å². The van der Waals surface area contributed by atoms with Gasteiger partial charge in [-0.25, -0.2) is 4.79 Å². The minimum Gasteiger partial charge on any atom is -0.474 e. The van der Waals surface area contributed by atoms with E-state index in [9.17, 15) is 9.59 Å². The first-order chi connectivity index (χ1) is 7.43. The van der Waals surface area contributed by atoms with Gasteiger partial charge in [-0.2, -0.15) is 0 Å². The summed E-state index contributed by atoms with van der Waals surface area (Å²) in [6.45, 7) is 6.23. The maximum atomic E-state index is 10.9. The lowest BCUT2D eigenvalue weighted by atomic mass is 9.99. The van der Waals surface area contributed by atoms with Crippen LogP contribution in [0.1, 0.15) is 22.3 Å². The molecule has 0 atom stereocenters. The van der Waals surface area contributed by atoms with Crippen molar-refractivity contribution >= 4 is 11.9 Å². The van der Waals surface area contributed by atoms with Gasteiger partial charge in [0.1, 0.15) is 0 Å². The lowest BCUT2D eigenvalue weighted by molar-refractivity contribution is -0.150. The van der Waals surface area contributed by atoms with Crippen LogP contribution in [-0.4, -0.2) is 17.0 Å². The number of hydrogen-bond donors (Lipinski definition) is 2. The molecule has 4 heteroatoms. The Morgan fingerprint density at radius 2 is 1.81 bits per heavy atom. The molecule has 1 rings (SSSR count). The molecule has 0 unspecified atom stereocenters. The summed E-state index contributed by atoms with van der Waals surface area (Å²) in [5.74, 6) is -2.43. The van der Waals surface area contributed by atoms with E-state index in [1.54, 1.807) is 0 Å². The molecule has 4 nitrogen and oxygen atoms in total. The van der Waals surface area contributed by atoms with Crippen molar-refractivity contribution in [1.82, 2.24) is 5.32 Å². The van der Waals surface area contributed by atoms with Crippen LogP contribution in [-0.2, 0) is 16.1 Å². The van der Waals surface area contributed by atoms with E-state index in [4.69, 9.17) is 5.11 Å². The first-order valence-electron chi connectivity index (χ1n) is 5.00. The SMILES string of the molecule is Cc1ccc(CNC(=O)C(=O)O)c(C)c1C. The summed E-state index contributed by atoms with van der Waals surface area (Å²) in [6.07, 6.45) is 0. The maximum absolute atomic E-state index is 10.9. The molecule has 0 aliphatic heterocycles. The number of carboxylic acids is 1. The van der Waals surface area contributed by atoms with Gasteiger partial charge in [-0.05, 0) is 43.0 Å². The number of benzene rings is 1. The summed E-state index contributed by atoms with van der Waals surface area (Å²) in [5, 5.41) is 10.8. The molecular weight excluding hydrogens is 206 g/mol. The van der Waals surface area contributed by atoms with Crippen molar-refractivity contribution in [3.63, 3.8) is 0 Å². The average Bonchev–Trinajstić information content (AvgIpc) is 2.24. The van der Waals surface area contributed by atoms with Crippen molar-refractivity contribution < 1.29 is 14.7 Å². The van der Waals surface area contributed by atoms with Crippen molar-refractivity contribution in [1.29, 1.82) is 0 Å². The summed E-state index contributed by atoms with van der Waals surface area (Å²) in [5.41, 5.74) is 4.39. The minimum atomic E-state index is -1.46. The fourth-order valence-electron chi connectivity index (χ4n) is 1.45. The molecule has 1 amide bonds. The standard InChI is InChI=1S/C12H15NO3/c1-7-4-5-10(9(3)8(7)2)6-13-11(14)12(15)16/h4-5H,6H2,1-3H3,(H,13,14)(H,15,16). The fourth-order valence-corrected chi connectivity index (χ4v) is 1.45. The van der Waals surface area contributed by atoms with Gasteiger partial charge in [0.25, 0.3) is 0 Å². The van der Waals surface area contributed by atoms with E-state index in [1.165, 1.54) is 11.1 Å². The lowest BCUT2D eigenvalue weighted by Crippen LogP contribution is -2.30. The van der Waals surface area contributed by atoms with Crippen molar-refractivity contribution in [3.05, 3.63) is 34.4 Å². The van der Waals surface area contributed by atoms with E-state index in [-0.39, 0.29) is 6.54 Å². The number of carbonyl (C=O) groups excluding carboxylic acids is 1. The first-order valence-corrected chi connectivity index (χ1v) is 5.00. The lowest BCUT2D eigenvalue weighted by Gasteiger charge is -2.11. The molecule has 0 saturated heterocycles. The highest BCUT2D eigenvalue weighted by Crippen LogP contribution is 2.16. The predicted molar refractivity (Wildman–Crippen MR) is 60.1 cm³/mol. The third-order valence-corrected chi connectivity index (χ3v) is 2.80. The van der Waals surface area contributed by atoms with Gasteiger partial charge < -0.3 is 10.4 Å². The summed E-state index contributed by atoms with van der Waals surface area (Å²) in [6, 6.07) is 3.87. The van der Waals surface area contributed by atoms with Crippen LogP contribution in [0.15, 0.2) is 12.1 Å². The van der Waals surface area contributed by atoms with Crippen LogP contribution >= 0.6 is 0 Å². The normalized spacial score (nSPS) is 9.94. The minimum absolute atomic E-state index is 0.248. The van der Waals surface area contributed by atoms with Gasteiger partial charge in [-0.1, -0.05) is 12.1 Å². The number of aryl methyl sites for hydroxylation is 1. The van der Waals surface area contributed by atoms with E-state index in [0.717, 1.165) is 11.1 Å². The molecule has 1 aromatic carbocycles. The predicted octanol–water partition coefficient (Wildman–Crippen LogP) is 1.31. The van der Waals surface area contributed by atoms with Gasteiger partial charge in [0.05, 0.1) is 0 Å². The topological polar surface area (TPSA) is 66.4 Å². The molecule has 1 aromatic rings. The Labute approximate surface area is 94.3 Å². The highest BCUT2D eigenvalue weighted by Gasteiger charge is 2.11. The van der Waals surface area contributed by atoms with Gasteiger partial charge in [-0.15, -0.1) is 0 Å². The van der Waals surface area contributed by atoms with Crippen LogP contribution in [0, 0.1) is 20.8 Å². The van der Waals surface area contributed by atoms with Crippen LogP contribution in [0.5, 0.6) is 0 Å². The number of amides is 1. The summed E-state index contributed by atoms with van der Waals surface area (Å²) < 4.78 is 0. The zero-order chi connectivity index (χ0) is 12.3. The van der Waals surface area contributed by atoms with Crippen molar-refractivity contribution in [2.24, 2.45) is 0 Å². The molecule has 0 spiro atoms. The molecular formula is C12H15NO3. The van der Waals surface area contributed by atoms with E-state index in [0.29, 0.717) is 0 Å².